The smallest absolute Gasteiger partial charge is 0.141 e. The lowest BCUT2D eigenvalue weighted by atomic mass is 10.00. The molecular formula is C15H14ClN5. The third kappa shape index (κ3) is 2.05. The van der Waals surface area contributed by atoms with Crippen molar-refractivity contribution in [3.05, 3.63) is 47.3 Å². The normalized spacial score (nSPS) is 18.0. The van der Waals surface area contributed by atoms with Crippen LogP contribution in [0.5, 0.6) is 0 Å². The van der Waals surface area contributed by atoms with Gasteiger partial charge in [0, 0.05) is 42.4 Å². The summed E-state index contributed by atoms with van der Waals surface area (Å²) in [4.78, 5) is 18.3. The number of aromatic amines is 1. The first-order chi connectivity index (χ1) is 10.2. The number of hydrogen-bond acceptors (Lipinski definition) is 4. The van der Waals surface area contributed by atoms with E-state index in [-0.39, 0.29) is 0 Å². The number of rotatable bonds is 1. The van der Waals surface area contributed by atoms with E-state index in [4.69, 9.17) is 11.6 Å². The topological polar surface area (TPSA) is 57.7 Å². The Hall–Kier alpha value is -2.14. The van der Waals surface area contributed by atoms with Gasteiger partial charge in [-0.25, -0.2) is 15.0 Å². The second-order valence-corrected chi connectivity index (χ2v) is 5.77. The van der Waals surface area contributed by atoms with Gasteiger partial charge in [-0.05, 0) is 19.1 Å². The summed E-state index contributed by atoms with van der Waals surface area (Å²) in [5.74, 6) is 0. The summed E-state index contributed by atoms with van der Waals surface area (Å²) in [6.07, 6.45) is 6.32. The van der Waals surface area contributed by atoms with Crippen LogP contribution >= 0.6 is 11.6 Å². The van der Waals surface area contributed by atoms with Gasteiger partial charge < -0.3 is 9.88 Å². The lowest BCUT2D eigenvalue weighted by molar-refractivity contribution is 0.580. The van der Waals surface area contributed by atoms with Crippen molar-refractivity contribution in [1.29, 1.82) is 0 Å². The van der Waals surface area contributed by atoms with Crippen molar-refractivity contribution in [2.45, 2.75) is 25.9 Å². The second-order valence-electron chi connectivity index (χ2n) is 5.38. The molecule has 106 valence electrons. The molecule has 5 nitrogen and oxygen atoms in total. The number of halogens is 1. The second kappa shape index (κ2) is 4.70. The number of hydrogen-bond donors (Lipinski definition) is 1. The first-order valence-corrected chi connectivity index (χ1v) is 7.28. The largest absolute Gasteiger partial charge is 0.363 e. The third-order valence-electron chi connectivity index (χ3n) is 4.03. The number of anilines is 1. The number of pyridine rings is 1. The van der Waals surface area contributed by atoms with Crippen LogP contribution in [0.2, 0.25) is 5.15 Å². The molecule has 1 aliphatic rings. The molecule has 1 unspecified atom stereocenters. The van der Waals surface area contributed by atoms with Crippen LogP contribution in [0.3, 0.4) is 0 Å². The number of fused-ring (bicyclic) bond motifs is 2. The Labute approximate surface area is 127 Å². The minimum Gasteiger partial charge on any atom is -0.363 e. The van der Waals surface area contributed by atoms with Crippen molar-refractivity contribution >= 4 is 28.3 Å². The Morgan fingerprint density at radius 1 is 1.43 bits per heavy atom. The maximum atomic E-state index is 6.17. The number of nitrogens with zero attached hydrogens (tertiary/aromatic N) is 4. The van der Waals surface area contributed by atoms with Crippen LogP contribution in [0.1, 0.15) is 18.2 Å². The van der Waals surface area contributed by atoms with Crippen LogP contribution in [0.25, 0.3) is 11.0 Å². The summed E-state index contributed by atoms with van der Waals surface area (Å²) < 4.78 is 0. The van der Waals surface area contributed by atoms with Crippen LogP contribution < -0.4 is 4.90 Å². The maximum absolute atomic E-state index is 6.17. The van der Waals surface area contributed by atoms with Crippen molar-refractivity contribution < 1.29 is 0 Å². The van der Waals surface area contributed by atoms with E-state index < -0.39 is 0 Å². The standard InChI is InChI=1S/C15H14ClN5/c1-9-4-12-10(6-17-8-19-12)7-21(9)13-5-14(16)20-15-11(13)2-3-18-15/h2-3,5-6,8-9H,4,7H2,1H3,(H,18,20). The van der Waals surface area contributed by atoms with Gasteiger partial charge in [0.15, 0.2) is 0 Å². The molecular weight excluding hydrogens is 286 g/mol. The van der Waals surface area contributed by atoms with Crippen molar-refractivity contribution in [3.8, 4) is 0 Å². The van der Waals surface area contributed by atoms with Gasteiger partial charge >= 0.3 is 0 Å². The minimum atomic E-state index is 0.351. The molecule has 6 heteroatoms. The van der Waals surface area contributed by atoms with E-state index in [1.54, 1.807) is 6.33 Å². The number of aromatic nitrogens is 4. The summed E-state index contributed by atoms with van der Waals surface area (Å²) in [7, 11) is 0. The van der Waals surface area contributed by atoms with Gasteiger partial charge in [0.2, 0.25) is 0 Å². The lowest BCUT2D eigenvalue weighted by Crippen LogP contribution is -2.39. The highest BCUT2D eigenvalue weighted by atomic mass is 35.5. The molecule has 0 saturated carbocycles. The van der Waals surface area contributed by atoms with Crippen molar-refractivity contribution in [2.24, 2.45) is 0 Å². The average molecular weight is 300 g/mol. The van der Waals surface area contributed by atoms with Crippen LogP contribution in [-0.4, -0.2) is 26.0 Å². The first-order valence-electron chi connectivity index (χ1n) is 6.90. The molecule has 1 aliphatic heterocycles. The SMILES string of the molecule is CC1Cc2ncncc2CN1c1cc(Cl)nc2[nH]ccc12. The van der Waals surface area contributed by atoms with Gasteiger partial charge in [0.25, 0.3) is 0 Å². The fourth-order valence-electron chi connectivity index (χ4n) is 2.98. The monoisotopic (exact) mass is 299 g/mol. The van der Waals surface area contributed by atoms with Gasteiger partial charge in [-0.15, -0.1) is 0 Å². The first kappa shape index (κ1) is 12.6. The van der Waals surface area contributed by atoms with Gasteiger partial charge in [-0.2, -0.15) is 0 Å². The molecule has 3 aromatic heterocycles. The van der Waals surface area contributed by atoms with Crippen molar-refractivity contribution in [2.75, 3.05) is 4.90 Å². The van der Waals surface area contributed by atoms with E-state index in [1.807, 2.05) is 24.5 Å². The van der Waals surface area contributed by atoms with Crippen molar-refractivity contribution in [1.82, 2.24) is 19.9 Å². The predicted molar refractivity (Wildman–Crippen MR) is 82.5 cm³/mol. The summed E-state index contributed by atoms with van der Waals surface area (Å²) in [5, 5.41) is 1.59. The zero-order valence-electron chi connectivity index (χ0n) is 11.5. The molecule has 4 heterocycles. The van der Waals surface area contributed by atoms with E-state index in [9.17, 15) is 0 Å². The molecule has 0 amide bonds. The lowest BCUT2D eigenvalue weighted by Gasteiger charge is -2.36. The molecule has 3 aromatic rings. The molecule has 0 aromatic carbocycles. The summed E-state index contributed by atoms with van der Waals surface area (Å²) in [6, 6.07) is 4.32. The Morgan fingerprint density at radius 3 is 3.24 bits per heavy atom. The zero-order valence-corrected chi connectivity index (χ0v) is 12.3. The molecule has 1 atom stereocenters. The molecule has 0 radical (unpaired) electrons. The van der Waals surface area contributed by atoms with E-state index in [0.29, 0.717) is 11.2 Å². The highest BCUT2D eigenvalue weighted by Crippen LogP contribution is 2.33. The fraction of sp³-hybridized carbons (Fsp3) is 0.267. The van der Waals surface area contributed by atoms with Crippen LogP contribution in [0, 0.1) is 0 Å². The summed E-state index contributed by atoms with van der Waals surface area (Å²) >= 11 is 6.17. The quantitative estimate of drug-likeness (QED) is 0.702. The average Bonchev–Trinajstić information content (AvgIpc) is 2.94. The summed E-state index contributed by atoms with van der Waals surface area (Å²) in [6.45, 7) is 3.00. The van der Waals surface area contributed by atoms with E-state index >= 15 is 0 Å². The number of nitrogens with one attached hydrogen (secondary N) is 1. The molecule has 4 rings (SSSR count). The van der Waals surface area contributed by atoms with Crippen LogP contribution in [-0.2, 0) is 13.0 Å². The molecule has 0 aliphatic carbocycles. The summed E-state index contributed by atoms with van der Waals surface area (Å²) in [5.41, 5.74) is 4.24. The van der Waals surface area contributed by atoms with Gasteiger partial charge in [0.1, 0.15) is 17.1 Å². The Balaban J connectivity index is 1.84. The molecule has 1 N–H and O–H groups in total. The van der Waals surface area contributed by atoms with Gasteiger partial charge in [-0.3, -0.25) is 0 Å². The van der Waals surface area contributed by atoms with Gasteiger partial charge in [0.05, 0.1) is 11.4 Å². The Bertz CT molecular complexity index is 813. The van der Waals surface area contributed by atoms with E-state index in [1.165, 1.54) is 5.56 Å². The fourth-order valence-corrected chi connectivity index (χ4v) is 3.17. The highest BCUT2D eigenvalue weighted by Gasteiger charge is 2.26. The molecule has 21 heavy (non-hydrogen) atoms. The van der Waals surface area contributed by atoms with Crippen LogP contribution in [0.4, 0.5) is 5.69 Å². The number of H-pyrrole nitrogens is 1. The molecule has 0 bridgehead atoms. The Kier molecular flexibility index (Phi) is 2.82. The van der Waals surface area contributed by atoms with Crippen molar-refractivity contribution in [3.63, 3.8) is 0 Å². The molecule has 0 spiro atoms. The van der Waals surface area contributed by atoms with E-state index in [2.05, 4.69) is 31.8 Å². The highest BCUT2D eigenvalue weighted by molar-refractivity contribution is 6.30. The molecule has 0 saturated heterocycles. The van der Waals surface area contributed by atoms with E-state index in [0.717, 1.165) is 35.4 Å². The predicted octanol–water partition coefficient (Wildman–Crippen LogP) is 2.96. The molecule has 0 fully saturated rings. The Morgan fingerprint density at radius 2 is 2.33 bits per heavy atom. The third-order valence-corrected chi connectivity index (χ3v) is 4.22. The zero-order chi connectivity index (χ0) is 14.4. The maximum Gasteiger partial charge on any atom is 0.141 e. The minimum absolute atomic E-state index is 0.351. The van der Waals surface area contributed by atoms with Crippen LogP contribution in [0.15, 0.2) is 30.9 Å². The van der Waals surface area contributed by atoms with Gasteiger partial charge in [-0.1, -0.05) is 11.6 Å².